The number of rotatable bonds is 7. The Bertz CT molecular complexity index is 963. The van der Waals surface area contributed by atoms with Crippen LogP contribution in [0.4, 0.5) is 5.69 Å². The van der Waals surface area contributed by atoms with Crippen LogP contribution in [0.2, 0.25) is 15.1 Å². The number of hydrogen-bond acceptors (Lipinski definition) is 3. The van der Waals surface area contributed by atoms with Crippen molar-refractivity contribution in [2.24, 2.45) is 0 Å². The Morgan fingerprint density at radius 3 is 2.18 bits per heavy atom. The van der Waals surface area contributed by atoms with E-state index in [-0.39, 0.29) is 26.8 Å². The van der Waals surface area contributed by atoms with Gasteiger partial charge in [0, 0.05) is 0 Å². The minimum absolute atomic E-state index is 0.0795. The minimum atomic E-state index is -3.79. The smallest absolute Gasteiger partial charge is 0.241 e. The van der Waals surface area contributed by atoms with Crippen LogP contribution in [0, 0.1) is 0 Å². The number of carbonyl (C=O) groups is 1. The van der Waals surface area contributed by atoms with Crippen molar-refractivity contribution in [2.75, 3.05) is 17.1 Å². The Balaban J connectivity index is 2.21. The second-order valence-corrected chi connectivity index (χ2v) is 9.50. The van der Waals surface area contributed by atoms with E-state index in [9.17, 15) is 13.2 Å². The molecule has 0 aliphatic heterocycles. The highest BCUT2D eigenvalue weighted by Crippen LogP contribution is 2.35. The van der Waals surface area contributed by atoms with Crippen molar-refractivity contribution in [3.05, 3.63) is 62.6 Å². The lowest BCUT2D eigenvalue weighted by atomic mass is 10.1. The third kappa shape index (κ3) is 5.77. The molecule has 2 rings (SSSR count). The molecule has 152 valence electrons. The zero-order valence-corrected chi connectivity index (χ0v) is 18.8. The van der Waals surface area contributed by atoms with Gasteiger partial charge >= 0.3 is 0 Å². The van der Waals surface area contributed by atoms with Crippen LogP contribution in [-0.2, 0) is 21.2 Å². The number of nitrogens with zero attached hydrogens (tertiary/aromatic N) is 1. The Morgan fingerprint density at radius 2 is 1.64 bits per heavy atom. The molecular formula is C19H21Cl3N2O3S. The molecule has 0 saturated heterocycles. The van der Waals surface area contributed by atoms with Gasteiger partial charge in [-0.2, -0.15) is 0 Å². The van der Waals surface area contributed by atoms with E-state index in [1.165, 1.54) is 17.7 Å². The molecule has 1 atom stereocenters. The van der Waals surface area contributed by atoms with E-state index in [2.05, 4.69) is 12.2 Å². The number of aryl methyl sites for hydroxylation is 1. The van der Waals surface area contributed by atoms with E-state index in [1.807, 2.05) is 31.2 Å². The molecule has 1 N–H and O–H groups in total. The second kappa shape index (κ2) is 9.35. The summed E-state index contributed by atoms with van der Waals surface area (Å²) in [5, 5.41) is 3.21. The Kier molecular flexibility index (Phi) is 7.62. The van der Waals surface area contributed by atoms with Gasteiger partial charge in [0.05, 0.1) is 33.1 Å². The summed E-state index contributed by atoms with van der Waals surface area (Å²) < 4.78 is 25.4. The van der Waals surface area contributed by atoms with Crippen LogP contribution in [0.15, 0.2) is 36.4 Å². The third-order valence-electron chi connectivity index (χ3n) is 4.21. The monoisotopic (exact) mass is 462 g/mol. The van der Waals surface area contributed by atoms with Crippen LogP contribution >= 0.6 is 34.8 Å². The summed E-state index contributed by atoms with van der Waals surface area (Å²) in [5.41, 5.74) is 2.21. The molecule has 0 spiro atoms. The van der Waals surface area contributed by atoms with Gasteiger partial charge in [-0.25, -0.2) is 8.42 Å². The molecule has 0 aliphatic carbocycles. The predicted octanol–water partition coefficient (Wildman–Crippen LogP) is 4.85. The number of sulfonamides is 1. The largest absolute Gasteiger partial charge is 0.348 e. The summed E-state index contributed by atoms with van der Waals surface area (Å²) in [7, 11) is -3.79. The average Bonchev–Trinajstić information content (AvgIpc) is 2.62. The van der Waals surface area contributed by atoms with E-state index < -0.39 is 22.5 Å². The summed E-state index contributed by atoms with van der Waals surface area (Å²) in [4.78, 5) is 12.5. The Morgan fingerprint density at radius 1 is 1.07 bits per heavy atom. The van der Waals surface area contributed by atoms with Crippen molar-refractivity contribution in [3.63, 3.8) is 0 Å². The fraction of sp³-hybridized carbons (Fsp3) is 0.316. The van der Waals surface area contributed by atoms with Gasteiger partial charge in [0.1, 0.15) is 6.54 Å². The first-order valence-electron chi connectivity index (χ1n) is 8.53. The van der Waals surface area contributed by atoms with E-state index >= 15 is 0 Å². The van der Waals surface area contributed by atoms with Gasteiger partial charge in [-0.15, -0.1) is 0 Å². The van der Waals surface area contributed by atoms with Gasteiger partial charge in [0.25, 0.3) is 0 Å². The molecule has 5 nitrogen and oxygen atoms in total. The van der Waals surface area contributed by atoms with Crippen molar-refractivity contribution in [1.82, 2.24) is 5.32 Å². The van der Waals surface area contributed by atoms with Gasteiger partial charge < -0.3 is 5.32 Å². The van der Waals surface area contributed by atoms with Crippen LogP contribution in [0.3, 0.4) is 0 Å². The number of benzene rings is 2. The number of amides is 1. The van der Waals surface area contributed by atoms with Crippen LogP contribution in [0.1, 0.15) is 31.0 Å². The standard InChI is InChI=1S/C19H21Cl3N2O3S/c1-4-13-5-7-14(8-6-13)12(2)23-19(25)11-24(28(3,26)27)18-10-16(21)15(20)9-17(18)22/h5-10,12H,4,11H2,1-3H3,(H,23,25)/t12-/m1/s1. The van der Waals surface area contributed by atoms with Gasteiger partial charge in [0.15, 0.2) is 0 Å². The number of halogens is 3. The molecule has 28 heavy (non-hydrogen) atoms. The number of carbonyl (C=O) groups excluding carboxylic acids is 1. The van der Waals surface area contributed by atoms with E-state index in [4.69, 9.17) is 34.8 Å². The van der Waals surface area contributed by atoms with Crippen molar-refractivity contribution >= 4 is 56.4 Å². The van der Waals surface area contributed by atoms with Crippen LogP contribution in [0.5, 0.6) is 0 Å². The highest BCUT2D eigenvalue weighted by Gasteiger charge is 2.25. The van der Waals surface area contributed by atoms with E-state index in [0.717, 1.165) is 22.5 Å². The molecule has 0 bridgehead atoms. The van der Waals surface area contributed by atoms with Crippen molar-refractivity contribution < 1.29 is 13.2 Å². The summed E-state index contributed by atoms with van der Waals surface area (Å²) in [5.74, 6) is -0.473. The van der Waals surface area contributed by atoms with Crippen LogP contribution in [-0.4, -0.2) is 27.1 Å². The fourth-order valence-electron chi connectivity index (χ4n) is 2.63. The normalized spacial score (nSPS) is 12.5. The predicted molar refractivity (Wildman–Crippen MR) is 116 cm³/mol. The zero-order chi connectivity index (χ0) is 21.1. The lowest BCUT2D eigenvalue weighted by molar-refractivity contribution is -0.120. The molecule has 0 aromatic heterocycles. The fourth-order valence-corrected chi connectivity index (χ4v) is 4.18. The van der Waals surface area contributed by atoms with Gasteiger partial charge in [-0.3, -0.25) is 9.10 Å². The summed E-state index contributed by atoms with van der Waals surface area (Å²) in [6, 6.07) is 10.3. The number of anilines is 1. The highest BCUT2D eigenvalue weighted by atomic mass is 35.5. The SMILES string of the molecule is CCc1ccc([C@@H](C)NC(=O)CN(c2cc(Cl)c(Cl)cc2Cl)S(C)(=O)=O)cc1. The molecule has 0 radical (unpaired) electrons. The maximum absolute atomic E-state index is 12.5. The van der Waals surface area contributed by atoms with Crippen molar-refractivity contribution in [2.45, 2.75) is 26.3 Å². The first-order chi connectivity index (χ1) is 13.0. The van der Waals surface area contributed by atoms with Gasteiger partial charge in [-0.05, 0) is 36.6 Å². The lowest BCUT2D eigenvalue weighted by Crippen LogP contribution is -2.41. The van der Waals surface area contributed by atoms with E-state index in [0.29, 0.717) is 0 Å². The average molecular weight is 464 g/mol. The third-order valence-corrected chi connectivity index (χ3v) is 6.36. The quantitative estimate of drug-likeness (QED) is 0.597. The van der Waals surface area contributed by atoms with Gasteiger partial charge in [0.2, 0.25) is 15.9 Å². The minimum Gasteiger partial charge on any atom is -0.348 e. The first-order valence-corrected chi connectivity index (χ1v) is 11.5. The second-order valence-electron chi connectivity index (χ2n) is 6.37. The number of hydrogen-bond donors (Lipinski definition) is 1. The molecule has 1 amide bonds. The van der Waals surface area contributed by atoms with Crippen molar-refractivity contribution in [1.29, 1.82) is 0 Å². The topological polar surface area (TPSA) is 66.5 Å². The Hall–Kier alpha value is -1.47. The zero-order valence-electron chi connectivity index (χ0n) is 15.7. The Labute approximate surface area is 180 Å². The molecule has 0 heterocycles. The van der Waals surface area contributed by atoms with Crippen LogP contribution < -0.4 is 9.62 Å². The van der Waals surface area contributed by atoms with Gasteiger partial charge in [-0.1, -0.05) is 66.0 Å². The maximum Gasteiger partial charge on any atom is 0.241 e. The molecule has 0 saturated carbocycles. The van der Waals surface area contributed by atoms with E-state index in [1.54, 1.807) is 0 Å². The maximum atomic E-state index is 12.5. The summed E-state index contributed by atoms with van der Waals surface area (Å²) in [6.45, 7) is 3.46. The molecule has 9 heteroatoms. The summed E-state index contributed by atoms with van der Waals surface area (Å²) in [6.07, 6.45) is 1.92. The molecule has 0 aliphatic rings. The lowest BCUT2D eigenvalue weighted by Gasteiger charge is -2.24. The number of nitrogens with one attached hydrogen (secondary N) is 1. The molecule has 0 fully saturated rings. The molecule has 0 unspecified atom stereocenters. The molecular weight excluding hydrogens is 443 g/mol. The molecule has 2 aromatic rings. The van der Waals surface area contributed by atoms with Crippen molar-refractivity contribution in [3.8, 4) is 0 Å². The first kappa shape index (κ1) is 22.8. The molecule has 2 aromatic carbocycles. The van der Waals surface area contributed by atoms with Crippen LogP contribution in [0.25, 0.3) is 0 Å². The summed E-state index contributed by atoms with van der Waals surface area (Å²) >= 11 is 18.0. The highest BCUT2D eigenvalue weighted by molar-refractivity contribution is 7.92.